The van der Waals surface area contributed by atoms with Crippen LogP contribution in [0.25, 0.3) is 0 Å². The van der Waals surface area contributed by atoms with E-state index in [1.807, 2.05) is 0 Å². The monoisotopic (exact) mass is 280 g/mol. The summed E-state index contributed by atoms with van der Waals surface area (Å²) in [6.07, 6.45) is 11.2. The zero-order valence-electron chi connectivity index (χ0n) is 13.2. The van der Waals surface area contributed by atoms with Gasteiger partial charge in [0.1, 0.15) is 0 Å². The van der Waals surface area contributed by atoms with Crippen molar-refractivity contribution in [2.75, 3.05) is 26.2 Å². The number of ether oxygens (including phenoxy) is 1. The van der Waals surface area contributed by atoms with Crippen LogP contribution in [0.15, 0.2) is 0 Å². The maximum Gasteiger partial charge on any atom is 0.0590 e. The van der Waals surface area contributed by atoms with E-state index in [-0.39, 0.29) is 0 Å². The molecule has 2 aliphatic heterocycles. The minimum atomic E-state index is 0.532. The summed E-state index contributed by atoms with van der Waals surface area (Å²) in [7, 11) is 0. The molecule has 0 aromatic rings. The molecule has 0 radical (unpaired) electrons. The first-order chi connectivity index (χ1) is 9.85. The summed E-state index contributed by atoms with van der Waals surface area (Å²) < 4.78 is 5.89. The normalized spacial score (nSPS) is 33.5. The Morgan fingerprint density at radius 3 is 2.60 bits per heavy atom. The highest BCUT2D eigenvalue weighted by molar-refractivity contribution is 4.86. The molecule has 0 amide bonds. The fraction of sp³-hybridized carbons (Fsp3) is 1.00. The number of hydrogen-bond donors (Lipinski definition) is 1. The average molecular weight is 280 g/mol. The van der Waals surface area contributed by atoms with Crippen molar-refractivity contribution in [3.8, 4) is 0 Å². The van der Waals surface area contributed by atoms with Crippen LogP contribution in [0.1, 0.15) is 58.3 Å². The summed E-state index contributed by atoms with van der Waals surface area (Å²) >= 11 is 0. The Bertz CT molecular complexity index is 283. The minimum absolute atomic E-state index is 0.532. The molecule has 0 spiro atoms. The zero-order valence-corrected chi connectivity index (χ0v) is 13.2. The number of hydrogen-bond acceptors (Lipinski definition) is 3. The summed E-state index contributed by atoms with van der Waals surface area (Å²) in [6, 6.07) is 1.59. The van der Waals surface area contributed by atoms with E-state index in [9.17, 15) is 0 Å². The lowest BCUT2D eigenvalue weighted by atomic mass is 9.95. The Hall–Kier alpha value is -0.120. The van der Waals surface area contributed by atoms with E-state index in [4.69, 9.17) is 4.74 Å². The Morgan fingerprint density at radius 2 is 1.90 bits per heavy atom. The number of rotatable bonds is 6. The second-order valence-electron chi connectivity index (χ2n) is 7.12. The standard InChI is InChI=1S/C17H32N2O/c1-2-3-17-12-16(8-11-20-17)19-9-6-15(7-10-19)18-13-14-4-5-14/h14-18H,2-13H2,1H3. The second kappa shape index (κ2) is 7.24. The van der Waals surface area contributed by atoms with Crippen molar-refractivity contribution in [3.63, 3.8) is 0 Å². The molecule has 3 rings (SSSR count). The molecule has 3 fully saturated rings. The number of nitrogens with one attached hydrogen (secondary N) is 1. The van der Waals surface area contributed by atoms with Crippen LogP contribution >= 0.6 is 0 Å². The van der Waals surface area contributed by atoms with Gasteiger partial charge in [-0.1, -0.05) is 13.3 Å². The minimum Gasteiger partial charge on any atom is -0.378 e. The molecule has 20 heavy (non-hydrogen) atoms. The van der Waals surface area contributed by atoms with Gasteiger partial charge in [-0.15, -0.1) is 0 Å². The maximum atomic E-state index is 5.89. The predicted octanol–water partition coefficient (Wildman–Crippen LogP) is 2.80. The Morgan fingerprint density at radius 1 is 1.10 bits per heavy atom. The van der Waals surface area contributed by atoms with Crippen molar-refractivity contribution >= 4 is 0 Å². The van der Waals surface area contributed by atoms with E-state index in [1.165, 1.54) is 71.0 Å². The number of likely N-dealkylation sites (tertiary alicyclic amines) is 1. The van der Waals surface area contributed by atoms with E-state index in [1.54, 1.807) is 0 Å². The quantitative estimate of drug-likeness (QED) is 0.810. The Kier molecular flexibility index (Phi) is 5.36. The molecule has 2 unspecified atom stereocenters. The van der Waals surface area contributed by atoms with Crippen molar-refractivity contribution < 1.29 is 4.74 Å². The second-order valence-corrected chi connectivity index (χ2v) is 7.12. The molecular formula is C17H32N2O. The molecule has 0 bridgehead atoms. The van der Waals surface area contributed by atoms with E-state index < -0.39 is 0 Å². The SMILES string of the molecule is CCCC1CC(N2CCC(NCC3CC3)CC2)CCO1. The first-order valence-electron chi connectivity index (χ1n) is 8.94. The third kappa shape index (κ3) is 4.19. The van der Waals surface area contributed by atoms with E-state index >= 15 is 0 Å². The van der Waals surface area contributed by atoms with Crippen molar-refractivity contribution in [2.24, 2.45) is 5.92 Å². The summed E-state index contributed by atoms with van der Waals surface area (Å²) in [6.45, 7) is 7.12. The van der Waals surface area contributed by atoms with Gasteiger partial charge < -0.3 is 15.0 Å². The predicted molar refractivity (Wildman–Crippen MR) is 83.0 cm³/mol. The zero-order chi connectivity index (χ0) is 13.8. The van der Waals surface area contributed by atoms with Gasteiger partial charge in [0.2, 0.25) is 0 Å². The van der Waals surface area contributed by atoms with Crippen molar-refractivity contribution in [1.29, 1.82) is 0 Å². The van der Waals surface area contributed by atoms with E-state index in [0.29, 0.717) is 6.10 Å². The maximum absolute atomic E-state index is 5.89. The van der Waals surface area contributed by atoms with Gasteiger partial charge in [0.05, 0.1) is 6.10 Å². The largest absolute Gasteiger partial charge is 0.378 e. The van der Waals surface area contributed by atoms with Gasteiger partial charge in [0.15, 0.2) is 0 Å². The van der Waals surface area contributed by atoms with E-state index in [2.05, 4.69) is 17.1 Å². The highest BCUT2D eigenvalue weighted by atomic mass is 16.5. The molecular weight excluding hydrogens is 248 g/mol. The van der Waals surface area contributed by atoms with Gasteiger partial charge in [0, 0.05) is 18.7 Å². The van der Waals surface area contributed by atoms with Gasteiger partial charge in [-0.25, -0.2) is 0 Å². The van der Waals surface area contributed by atoms with Crippen LogP contribution in [-0.4, -0.2) is 49.3 Å². The van der Waals surface area contributed by atoms with Crippen LogP contribution in [0.2, 0.25) is 0 Å². The van der Waals surface area contributed by atoms with Crippen LogP contribution < -0.4 is 5.32 Å². The van der Waals surface area contributed by atoms with Gasteiger partial charge in [-0.3, -0.25) is 0 Å². The van der Waals surface area contributed by atoms with Crippen molar-refractivity contribution in [1.82, 2.24) is 10.2 Å². The lowest BCUT2D eigenvalue weighted by molar-refractivity contribution is -0.0356. The van der Waals surface area contributed by atoms with Gasteiger partial charge in [-0.05, 0) is 70.5 Å². The smallest absolute Gasteiger partial charge is 0.0590 e. The lowest BCUT2D eigenvalue weighted by Gasteiger charge is -2.41. The van der Waals surface area contributed by atoms with Crippen molar-refractivity contribution in [3.05, 3.63) is 0 Å². The van der Waals surface area contributed by atoms with Crippen molar-refractivity contribution in [2.45, 2.75) is 76.5 Å². The summed E-state index contributed by atoms with van der Waals surface area (Å²) in [4.78, 5) is 2.75. The summed E-state index contributed by atoms with van der Waals surface area (Å²) in [5.41, 5.74) is 0. The molecule has 0 aromatic carbocycles. The molecule has 2 atom stereocenters. The molecule has 2 saturated heterocycles. The van der Waals surface area contributed by atoms with Gasteiger partial charge in [0.25, 0.3) is 0 Å². The van der Waals surface area contributed by atoms with Gasteiger partial charge in [-0.2, -0.15) is 0 Å². The van der Waals surface area contributed by atoms with E-state index in [0.717, 1.165) is 24.6 Å². The van der Waals surface area contributed by atoms with Crippen LogP contribution in [0.4, 0.5) is 0 Å². The summed E-state index contributed by atoms with van der Waals surface area (Å²) in [5.74, 6) is 1.01. The van der Waals surface area contributed by atoms with Crippen LogP contribution in [0, 0.1) is 5.92 Å². The molecule has 3 aliphatic rings. The molecule has 3 nitrogen and oxygen atoms in total. The third-order valence-corrected chi connectivity index (χ3v) is 5.39. The molecule has 1 N–H and O–H groups in total. The highest BCUT2D eigenvalue weighted by Crippen LogP contribution is 2.29. The van der Waals surface area contributed by atoms with Gasteiger partial charge >= 0.3 is 0 Å². The molecule has 2 heterocycles. The fourth-order valence-corrected chi connectivity index (χ4v) is 3.84. The molecule has 0 aromatic heterocycles. The van der Waals surface area contributed by atoms with Crippen LogP contribution in [0.5, 0.6) is 0 Å². The molecule has 1 saturated carbocycles. The number of nitrogens with zero attached hydrogens (tertiary/aromatic N) is 1. The Labute approximate surface area is 124 Å². The fourth-order valence-electron chi connectivity index (χ4n) is 3.84. The van der Waals surface area contributed by atoms with Crippen LogP contribution in [0.3, 0.4) is 0 Å². The van der Waals surface area contributed by atoms with Crippen LogP contribution in [-0.2, 0) is 4.74 Å². The number of piperidine rings is 1. The molecule has 1 aliphatic carbocycles. The highest BCUT2D eigenvalue weighted by Gasteiger charge is 2.30. The first kappa shape index (κ1) is 14.8. The Balaban J connectivity index is 1.38. The topological polar surface area (TPSA) is 24.5 Å². The molecule has 116 valence electrons. The lowest BCUT2D eigenvalue weighted by Crippen LogP contribution is -2.49. The molecule has 3 heteroatoms. The first-order valence-corrected chi connectivity index (χ1v) is 8.94. The average Bonchev–Trinajstić information content (AvgIpc) is 3.31. The summed E-state index contributed by atoms with van der Waals surface area (Å²) in [5, 5.41) is 3.78. The third-order valence-electron chi connectivity index (χ3n) is 5.39.